The topological polar surface area (TPSA) is 91.5 Å². The minimum atomic E-state index is -0.394. The second-order valence-corrected chi connectivity index (χ2v) is 7.45. The fourth-order valence-corrected chi connectivity index (χ4v) is 3.75. The molecule has 154 valence electrons. The number of aryl methyl sites for hydroxylation is 1. The largest absolute Gasteiger partial charge is 0.465 e. The molecule has 7 nitrogen and oxygen atoms in total. The van der Waals surface area contributed by atoms with Crippen LogP contribution in [0.1, 0.15) is 37.5 Å². The van der Waals surface area contributed by atoms with Gasteiger partial charge in [0.2, 0.25) is 5.91 Å². The molecule has 0 fully saturated rings. The number of ether oxygens (including phenoxy) is 1. The van der Waals surface area contributed by atoms with Crippen molar-refractivity contribution < 1.29 is 19.1 Å². The number of benzene rings is 2. The summed E-state index contributed by atoms with van der Waals surface area (Å²) in [7, 11) is 1.35. The summed E-state index contributed by atoms with van der Waals surface area (Å²) < 4.78 is 4.81. The van der Waals surface area contributed by atoms with E-state index in [1.807, 2.05) is 25.1 Å². The smallest absolute Gasteiger partial charge is 0.337 e. The maximum atomic E-state index is 12.7. The first-order valence-electron chi connectivity index (χ1n) is 9.80. The number of carbonyl (C=O) groups is 3. The van der Waals surface area contributed by atoms with Gasteiger partial charge in [-0.1, -0.05) is 17.7 Å². The van der Waals surface area contributed by atoms with Crippen molar-refractivity contribution in [1.82, 2.24) is 15.2 Å². The minimum absolute atomic E-state index is 0.0577. The lowest BCUT2D eigenvalue weighted by Crippen LogP contribution is -2.42. The van der Waals surface area contributed by atoms with Crippen LogP contribution in [0, 0.1) is 6.92 Å². The van der Waals surface area contributed by atoms with Gasteiger partial charge in [-0.2, -0.15) is 0 Å². The number of amides is 2. The van der Waals surface area contributed by atoms with Crippen LogP contribution in [0.4, 0.5) is 0 Å². The van der Waals surface area contributed by atoms with Gasteiger partial charge in [0, 0.05) is 47.2 Å². The second-order valence-electron chi connectivity index (χ2n) is 7.45. The predicted molar refractivity (Wildman–Crippen MR) is 112 cm³/mol. The molecule has 0 unspecified atom stereocenters. The van der Waals surface area contributed by atoms with Crippen LogP contribution in [0.3, 0.4) is 0 Å². The standard InChI is InChI=1S/C23H23N3O4/c1-14-3-5-15(6-4-14)22(28)24-12-21(27)26-10-9-20-18(13-26)17-11-16(23(29)30-2)7-8-19(17)25-20/h3-8,11,25H,9-10,12-13H2,1-2H3,(H,24,28). The summed E-state index contributed by atoms with van der Waals surface area (Å²) in [6.45, 7) is 2.90. The highest BCUT2D eigenvalue weighted by Crippen LogP contribution is 2.28. The number of hydrogen-bond acceptors (Lipinski definition) is 4. The highest BCUT2D eigenvalue weighted by Gasteiger charge is 2.25. The second kappa shape index (κ2) is 8.02. The predicted octanol–water partition coefficient (Wildman–Crippen LogP) is 2.58. The fraction of sp³-hybridized carbons (Fsp3) is 0.261. The van der Waals surface area contributed by atoms with Crippen molar-refractivity contribution in [3.63, 3.8) is 0 Å². The van der Waals surface area contributed by atoms with Crippen LogP contribution >= 0.6 is 0 Å². The van der Waals surface area contributed by atoms with Crippen LogP contribution < -0.4 is 5.32 Å². The average molecular weight is 405 g/mol. The van der Waals surface area contributed by atoms with Crippen LogP contribution in [0.2, 0.25) is 0 Å². The molecule has 0 spiro atoms. The van der Waals surface area contributed by atoms with E-state index in [-0.39, 0.29) is 18.4 Å². The number of nitrogens with one attached hydrogen (secondary N) is 2. The number of rotatable bonds is 4. The van der Waals surface area contributed by atoms with Gasteiger partial charge in [0.25, 0.3) is 5.91 Å². The Morgan fingerprint density at radius 1 is 1.10 bits per heavy atom. The molecule has 2 N–H and O–H groups in total. The van der Waals surface area contributed by atoms with Gasteiger partial charge in [-0.3, -0.25) is 9.59 Å². The first-order chi connectivity index (χ1) is 14.5. The maximum absolute atomic E-state index is 12.7. The Kier molecular flexibility index (Phi) is 5.27. The molecule has 0 saturated carbocycles. The van der Waals surface area contributed by atoms with Gasteiger partial charge in [-0.15, -0.1) is 0 Å². The molecule has 3 aromatic rings. The molecule has 0 radical (unpaired) electrons. The Hall–Kier alpha value is -3.61. The number of nitrogens with zero attached hydrogens (tertiary/aromatic N) is 1. The summed E-state index contributed by atoms with van der Waals surface area (Å²) in [4.78, 5) is 42.0. The van der Waals surface area contributed by atoms with E-state index < -0.39 is 5.97 Å². The summed E-state index contributed by atoms with van der Waals surface area (Å²) in [5, 5.41) is 3.61. The normalized spacial score (nSPS) is 13.1. The first kappa shape index (κ1) is 19.7. The zero-order valence-electron chi connectivity index (χ0n) is 17.0. The Balaban J connectivity index is 1.46. The van der Waals surface area contributed by atoms with E-state index >= 15 is 0 Å². The Morgan fingerprint density at radius 2 is 1.83 bits per heavy atom. The van der Waals surface area contributed by atoms with E-state index in [9.17, 15) is 14.4 Å². The van der Waals surface area contributed by atoms with Crippen molar-refractivity contribution in [2.45, 2.75) is 19.9 Å². The zero-order chi connectivity index (χ0) is 21.3. The van der Waals surface area contributed by atoms with E-state index in [1.54, 1.807) is 29.2 Å². The van der Waals surface area contributed by atoms with E-state index in [1.165, 1.54) is 7.11 Å². The molecule has 2 heterocycles. The van der Waals surface area contributed by atoms with Crippen molar-refractivity contribution in [3.05, 3.63) is 70.4 Å². The van der Waals surface area contributed by atoms with E-state index in [0.29, 0.717) is 30.6 Å². The van der Waals surface area contributed by atoms with Crippen molar-refractivity contribution in [2.24, 2.45) is 0 Å². The average Bonchev–Trinajstić information content (AvgIpc) is 3.14. The van der Waals surface area contributed by atoms with Gasteiger partial charge < -0.3 is 19.9 Å². The van der Waals surface area contributed by atoms with E-state index in [2.05, 4.69) is 10.3 Å². The maximum Gasteiger partial charge on any atom is 0.337 e. The number of carbonyl (C=O) groups excluding carboxylic acids is 3. The third-order valence-electron chi connectivity index (χ3n) is 5.46. The Labute approximate surface area is 174 Å². The number of aromatic nitrogens is 1. The summed E-state index contributed by atoms with van der Waals surface area (Å²) in [5.74, 6) is -0.801. The molecule has 0 atom stereocenters. The van der Waals surface area contributed by atoms with Gasteiger partial charge >= 0.3 is 5.97 Å². The molecule has 0 aliphatic carbocycles. The minimum Gasteiger partial charge on any atom is -0.465 e. The SMILES string of the molecule is COC(=O)c1ccc2[nH]c3c(c2c1)CN(C(=O)CNC(=O)c1ccc(C)cc1)CC3. The number of fused-ring (bicyclic) bond motifs is 3. The molecule has 0 saturated heterocycles. The number of methoxy groups -OCH3 is 1. The van der Waals surface area contributed by atoms with Crippen molar-refractivity contribution in [1.29, 1.82) is 0 Å². The fourth-order valence-electron chi connectivity index (χ4n) is 3.75. The third kappa shape index (κ3) is 3.78. The van der Waals surface area contributed by atoms with E-state index in [4.69, 9.17) is 4.74 Å². The molecular formula is C23H23N3O4. The lowest BCUT2D eigenvalue weighted by molar-refractivity contribution is -0.131. The summed E-state index contributed by atoms with van der Waals surface area (Å²) in [5.41, 5.74) is 5.07. The number of esters is 1. The highest BCUT2D eigenvalue weighted by molar-refractivity contribution is 5.97. The van der Waals surface area contributed by atoms with Gasteiger partial charge in [-0.25, -0.2) is 4.79 Å². The van der Waals surface area contributed by atoms with Crippen LogP contribution in [-0.2, 0) is 22.5 Å². The number of H-pyrrole nitrogens is 1. The Bertz CT molecular complexity index is 1130. The monoisotopic (exact) mass is 405 g/mol. The van der Waals surface area contributed by atoms with Gasteiger partial charge in [-0.05, 0) is 37.3 Å². The lowest BCUT2D eigenvalue weighted by Gasteiger charge is -2.27. The van der Waals surface area contributed by atoms with Crippen LogP contribution in [0.15, 0.2) is 42.5 Å². The van der Waals surface area contributed by atoms with Crippen molar-refractivity contribution in [2.75, 3.05) is 20.2 Å². The Morgan fingerprint density at radius 3 is 2.57 bits per heavy atom. The van der Waals surface area contributed by atoms with E-state index in [0.717, 1.165) is 27.7 Å². The van der Waals surface area contributed by atoms with Crippen LogP contribution in [-0.4, -0.2) is 47.9 Å². The molecule has 2 aromatic carbocycles. The molecule has 2 amide bonds. The molecule has 4 rings (SSSR count). The number of hydrogen-bond donors (Lipinski definition) is 2. The summed E-state index contributed by atoms with van der Waals surface area (Å²) in [6.07, 6.45) is 0.690. The van der Waals surface area contributed by atoms with Crippen molar-refractivity contribution in [3.8, 4) is 0 Å². The van der Waals surface area contributed by atoms with Gasteiger partial charge in [0.15, 0.2) is 0 Å². The van der Waals surface area contributed by atoms with Crippen LogP contribution in [0.5, 0.6) is 0 Å². The van der Waals surface area contributed by atoms with Gasteiger partial charge in [0.05, 0.1) is 19.2 Å². The molecule has 1 aromatic heterocycles. The molecular weight excluding hydrogens is 382 g/mol. The molecule has 7 heteroatoms. The third-order valence-corrected chi connectivity index (χ3v) is 5.46. The lowest BCUT2D eigenvalue weighted by atomic mass is 10.0. The zero-order valence-corrected chi connectivity index (χ0v) is 17.0. The quantitative estimate of drug-likeness (QED) is 0.653. The highest BCUT2D eigenvalue weighted by atomic mass is 16.5. The van der Waals surface area contributed by atoms with Gasteiger partial charge in [0.1, 0.15) is 0 Å². The molecule has 30 heavy (non-hydrogen) atoms. The molecule has 1 aliphatic heterocycles. The van der Waals surface area contributed by atoms with Crippen LogP contribution in [0.25, 0.3) is 10.9 Å². The summed E-state index contributed by atoms with van der Waals surface area (Å²) >= 11 is 0. The molecule has 0 bridgehead atoms. The van der Waals surface area contributed by atoms with Crippen molar-refractivity contribution >= 4 is 28.7 Å². The number of aromatic amines is 1. The molecule has 1 aliphatic rings. The summed E-state index contributed by atoms with van der Waals surface area (Å²) in [6, 6.07) is 12.6. The first-order valence-corrected chi connectivity index (χ1v) is 9.80.